The second-order valence-electron chi connectivity index (χ2n) is 4.35. The smallest absolute Gasteiger partial charge is 0.259 e. The summed E-state index contributed by atoms with van der Waals surface area (Å²) in [5.41, 5.74) is 0.611. The van der Waals surface area contributed by atoms with E-state index >= 15 is 0 Å². The van der Waals surface area contributed by atoms with Crippen molar-refractivity contribution in [2.75, 3.05) is 6.54 Å². The third-order valence-electron chi connectivity index (χ3n) is 3.34. The van der Waals surface area contributed by atoms with Crippen molar-refractivity contribution in [1.82, 2.24) is 10.1 Å². The number of nitrogens with zero attached hydrogens (tertiary/aromatic N) is 2. The van der Waals surface area contributed by atoms with Crippen LogP contribution in [-0.2, 0) is 0 Å². The number of hydrogen-bond acceptors (Lipinski definition) is 3. The number of carbonyl (C=O) groups is 1. The van der Waals surface area contributed by atoms with Crippen LogP contribution in [0, 0.1) is 6.92 Å². The van der Waals surface area contributed by atoms with Gasteiger partial charge in [0, 0.05) is 12.6 Å². The van der Waals surface area contributed by atoms with Gasteiger partial charge in [0.05, 0.1) is 6.20 Å². The average molecular weight is 222 g/mol. The Morgan fingerprint density at radius 2 is 2.44 bits per heavy atom. The minimum absolute atomic E-state index is 0.0744. The van der Waals surface area contributed by atoms with Crippen LogP contribution in [0.1, 0.15) is 48.7 Å². The summed E-state index contributed by atoms with van der Waals surface area (Å²) >= 11 is 0. The summed E-state index contributed by atoms with van der Waals surface area (Å²) in [4.78, 5) is 14.3. The van der Waals surface area contributed by atoms with Gasteiger partial charge >= 0.3 is 0 Å². The standard InChI is InChI=1S/C12H18N2O2/c1-3-10-6-4-5-7-14(10)12(15)11-8-13-16-9(11)2/h8,10H,3-7H2,1-2H3. The highest BCUT2D eigenvalue weighted by Gasteiger charge is 2.28. The van der Waals surface area contributed by atoms with Crippen molar-refractivity contribution in [2.24, 2.45) is 0 Å². The van der Waals surface area contributed by atoms with Crippen LogP contribution in [0.4, 0.5) is 0 Å². The Labute approximate surface area is 95.6 Å². The topological polar surface area (TPSA) is 46.3 Å². The summed E-state index contributed by atoms with van der Waals surface area (Å²) in [5.74, 6) is 0.690. The van der Waals surface area contributed by atoms with Crippen LogP contribution in [0.3, 0.4) is 0 Å². The second-order valence-corrected chi connectivity index (χ2v) is 4.35. The van der Waals surface area contributed by atoms with Crippen molar-refractivity contribution < 1.29 is 9.32 Å². The highest BCUT2D eigenvalue weighted by molar-refractivity contribution is 5.95. The summed E-state index contributed by atoms with van der Waals surface area (Å²) in [7, 11) is 0. The molecule has 4 nitrogen and oxygen atoms in total. The molecule has 88 valence electrons. The molecular formula is C12H18N2O2. The third kappa shape index (κ3) is 1.96. The maximum absolute atomic E-state index is 12.3. The van der Waals surface area contributed by atoms with Crippen LogP contribution < -0.4 is 0 Å². The van der Waals surface area contributed by atoms with E-state index in [1.54, 1.807) is 6.92 Å². The van der Waals surface area contributed by atoms with Gasteiger partial charge in [-0.25, -0.2) is 0 Å². The van der Waals surface area contributed by atoms with E-state index in [1.165, 1.54) is 12.6 Å². The molecule has 1 fully saturated rings. The summed E-state index contributed by atoms with van der Waals surface area (Å²) in [6.07, 6.45) is 6.00. The first kappa shape index (κ1) is 11.2. The highest BCUT2D eigenvalue weighted by Crippen LogP contribution is 2.22. The number of piperidine rings is 1. The number of carbonyl (C=O) groups excluding carboxylic acids is 1. The molecule has 1 saturated heterocycles. The molecule has 0 aliphatic carbocycles. The van der Waals surface area contributed by atoms with Crippen LogP contribution in [0.2, 0.25) is 0 Å². The van der Waals surface area contributed by atoms with Crippen molar-refractivity contribution >= 4 is 5.91 Å². The molecule has 2 heterocycles. The van der Waals surface area contributed by atoms with Crippen molar-refractivity contribution in [3.63, 3.8) is 0 Å². The summed E-state index contributed by atoms with van der Waals surface area (Å²) in [6, 6.07) is 0.385. The van der Waals surface area contributed by atoms with E-state index in [9.17, 15) is 4.79 Å². The molecule has 2 rings (SSSR count). The molecule has 0 spiro atoms. The number of aryl methyl sites for hydroxylation is 1. The monoisotopic (exact) mass is 222 g/mol. The molecule has 1 aliphatic heterocycles. The molecule has 0 radical (unpaired) electrons. The van der Waals surface area contributed by atoms with Gasteiger partial charge in [0.15, 0.2) is 0 Å². The SMILES string of the molecule is CCC1CCCCN1C(=O)c1cnoc1C. The lowest BCUT2D eigenvalue weighted by Crippen LogP contribution is -2.43. The van der Waals surface area contributed by atoms with Crippen LogP contribution in [0.5, 0.6) is 0 Å². The molecule has 1 aromatic heterocycles. The minimum Gasteiger partial charge on any atom is -0.361 e. The number of hydrogen-bond donors (Lipinski definition) is 0. The maximum atomic E-state index is 12.3. The predicted octanol–water partition coefficient (Wildman–Crippen LogP) is 2.39. The zero-order valence-electron chi connectivity index (χ0n) is 9.90. The van der Waals surface area contributed by atoms with Gasteiger partial charge in [-0.2, -0.15) is 0 Å². The van der Waals surface area contributed by atoms with Crippen LogP contribution >= 0.6 is 0 Å². The lowest BCUT2D eigenvalue weighted by Gasteiger charge is -2.35. The van der Waals surface area contributed by atoms with Gasteiger partial charge in [-0.3, -0.25) is 4.79 Å². The first-order valence-corrected chi connectivity index (χ1v) is 5.96. The molecule has 1 atom stereocenters. The zero-order valence-corrected chi connectivity index (χ0v) is 9.90. The molecule has 4 heteroatoms. The third-order valence-corrected chi connectivity index (χ3v) is 3.34. The fourth-order valence-corrected chi connectivity index (χ4v) is 2.35. The minimum atomic E-state index is 0.0744. The molecule has 16 heavy (non-hydrogen) atoms. The maximum Gasteiger partial charge on any atom is 0.259 e. The number of amides is 1. The lowest BCUT2D eigenvalue weighted by molar-refractivity contribution is 0.0606. The Kier molecular flexibility index (Phi) is 3.27. The van der Waals surface area contributed by atoms with Crippen molar-refractivity contribution in [3.8, 4) is 0 Å². The lowest BCUT2D eigenvalue weighted by atomic mass is 9.99. The van der Waals surface area contributed by atoms with Crippen LogP contribution in [0.15, 0.2) is 10.7 Å². The quantitative estimate of drug-likeness (QED) is 0.771. The van der Waals surface area contributed by atoms with E-state index in [0.29, 0.717) is 17.4 Å². The Morgan fingerprint density at radius 1 is 1.62 bits per heavy atom. The van der Waals surface area contributed by atoms with Crippen molar-refractivity contribution in [2.45, 2.75) is 45.6 Å². The van der Waals surface area contributed by atoms with Crippen LogP contribution in [0.25, 0.3) is 0 Å². The van der Waals surface area contributed by atoms with Gasteiger partial charge in [-0.1, -0.05) is 12.1 Å². The Balaban J connectivity index is 2.17. The summed E-state index contributed by atoms with van der Waals surface area (Å²) in [6.45, 7) is 4.78. The number of aromatic nitrogens is 1. The molecule has 1 aliphatic rings. The molecule has 0 bridgehead atoms. The van der Waals surface area contributed by atoms with Crippen LogP contribution in [-0.4, -0.2) is 28.6 Å². The van der Waals surface area contributed by atoms with Gasteiger partial charge in [-0.05, 0) is 32.6 Å². The fourth-order valence-electron chi connectivity index (χ4n) is 2.35. The average Bonchev–Trinajstić information content (AvgIpc) is 2.74. The van der Waals surface area contributed by atoms with Gasteiger partial charge in [0.1, 0.15) is 11.3 Å². The largest absolute Gasteiger partial charge is 0.361 e. The van der Waals surface area contributed by atoms with Crippen molar-refractivity contribution in [1.29, 1.82) is 0 Å². The zero-order chi connectivity index (χ0) is 11.5. The highest BCUT2D eigenvalue weighted by atomic mass is 16.5. The molecule has 1 unspecified atom stereocenters. The van der Waals surface area contributed by atoms with E-state index in [1.807, 2.05) is 4.90 Å². The van der Waals surface area contributed by atoms with E-state index in [0.717, 1.165) is 25.8 Å². The summed E-state index contributed by atoms with van der Waals surface area (Å²) < 4.78 is 4.95. The molecular weight excluding hydrogens is 204 g/mol. The Bertz CT molecular complexity index is 373. The first-order valence-electron chi connectivity index (χ1n) is 5.96. The molecule has 1 aromatic rings. The normalized spacial score (nSPS) is 21.1. The van der Waals surface area contributed by atoms with Crippen molar-refractivity contribution in [3.05, 3.63) is 17.5 Å². The predicted molar refractivity (Wildman–Crippen MR) is 60.2 cm³/mol. The molecule has 0 saturated carbocycles. The molecule has 0 aromatic carbocycles. The van der Waals surface area contributed by atoms with Gasteiger partial charge in [-0.15, -0.1) is 0 Å². The van der Waals surface area contributed by atoms with E-state index in [-0.39, 0.29) is 5.91 Å². The van der Waals surface area contributed by atoms with Gasteiger partial charge < -0.3 is 9.42 Å². The second kappa shape index (κ2) is 4.68. The first-order chi connectivity index (χ1) is 7.74. The fraction of sp³-hybridized carbons (Fsp3) is 0.667. The summed E-state index contributed by atoms with van der Waals surface area (Å²) in [5, 5.41) is 3.67. The number of rotatable bonds is 2. The molecule has 1 amide bonds. The van der Waals surface area contributed by atoms with E-state index in [4.69, 9.17) is 4.52 Å². The van der Waals surface area contributed by atoms with Gasteiger partial charge in [0.25, 0.3) is 5.91 Å². The Hall–Kier alpha value is -1.32. The van der Waals surface area contributed by atoms with E-state index in [2.05, 4.69) is 12.1 Å². The van der Waals surface area contributed by atoms with E-state index < -0.39 is 0 Å². The Morgan fingerprint density at radius 3 is 3.06 bits per heavy atom. The van der Waals surface area contributed by atoms with Gasteiger partial charge in [0.2, 0.25) is 0 Å². The molecule has 0 N–H and O–H groups in total. The number of likely N-dealkylation sites (tertiary alicyclic amines) is 1.